The summed E-state index contributed by atoms with van der Waals surface area (Å²) in [7, 11) is 0. The normalized spacial score (nSPS) is 15.1. The molecule has 9 heteroatoms. The Morgan fingerprint density at radius 1 is 0.943 bits per heavy atom. The molecule has 0 bridgehead atoms. The molecule has 0 spiro atoms. The largest absolute Gasteiger partial charge is 0.340 e. The van der Waals surface area contributed by atoms with Gasteiger partial charge in [-0.3, -0.25) is 19.3 Å². The van der Waals surface area contributed by atoms with Crippen LogP contribution in [-0.2, 0) is 9.59 Å². The van der Waals surface area contributed by atoms with Gasteiger partial charge < -0.3 is 15.5 Å². The summed E-state index contributed by atoms with van der Waals surface area (Å²) in [5, 5.41) is 5.45. The standard InChI is InChI=1S/C26H32F2N4O3/c1-16(2)24(30-25(34)23-19(27)8-6-9-20(23)28)26(35)32-13-11-31(12-14-32)15-22(33)29-21-10-5-7-17(3)18(21)4/h5-10,16,24H,11-15H2,1-4H3,(H,29,33)(H,30,34). The number of piperazine rings is 1. The fraction of sp³-hybridized carbons (Fsp3) is 0.423. The van der Waals surface area contributed by atoms with Crippen LogP contribution in [0.15, 0.2) is 36.4 Å². The number of rotatable bonds is 7. The van der Waals surface area contributed by atoms with E-state index < -0.39 is 29.1 Å². The van der Waals surface area contributed by atoms with Crippen LogP contribution < -0.4 is 10.6 Å². The summed E-state index contributed by atoms with van der Waals surface area (Å²) in [4.78, 5) is 41.8. The second-order valence-corrected chi connectivity index (χ2v) is 9.19. The van der Waals surface area contributed by atoms with Gasteiger partial charge in [0.1, 0.15) is 23.2 Å². The molecular formula is C26H32F2N4O3. The fourth-order valence-electron chi connectivity index (χ4n) is 4.04. The van der Waals surface area contributed by atoms with Crippen LogP contribution >= 0.6 is 0 Å². The Morgan fingerprint density at radius 3 is 2.14 bits per heavy atom. The summed E-state index contributed by atoms with van der Waals surface area (Å²) >= 11 is 0. The van der Waals surface area contributed by atoms with Crippen molar-refractivity contribution in [2.45, 2.75) is 33.7 Å². The van der Waals surface area contributed by atoms with Crippen molar-refractivity contribution in [2.24, 2.45) is 5.92 Å². The van der Waals surface area contributed by atoms with Crippen LogP contribution in [0.4, 0.5) is 14.5 Å². The third kappa shape index (κ3) is 6.42. The molecule has 1 unspecified atom stereocenters. The first-order valence-corrected chi connectivity index (χ1v) is 11.7. The predicted octanol–water partition coefficient (Wildman–Crippen LogP) is 3.12. The van der Waals surface area contributed by atoms with Crippen LogP contribution in [-0.4, -0.2) is 66.3 Å². The maximum atomic E-state index is 14.0. The molecule has 3 amide bonds. The first kappa shape index (κ1) is 26.3. The van der Waals surface area contributed by atoms with Crippen molar-refractivity contribution < 1.29 is 23.2 Å². The van der Waals surface area contributed by atoms with E-state index >= 15 is 0 Å². The average Bonchev–Trinajstić information content (AvgIpc) is 2.80. The van der Waals surface area contributed by atoms with Gasteiger partial charge in [-0.15, -0.1) is 0 Å². The third-order valence-electron chi connectivity index (χ3n) is 6.34. The van der Waals surface area contributed by atoms with Crippen LogP contribution in [0, 0.1) is 31.4 Å². The van der Waals surface area contributed by atoms with Crippen molar-refractivity contribution >= 4 is 23.4 Å². The van der Waals surface area contributed by atoms with Crippen molar-refractivity contribution in [3.8, 4) is 0 Å². The summed E-state index contributed by atoms with van der Waals surface area (Å²) in [6, 6.07) is 7.99. The number of anilines is 1. The zero-order valence-corrected chi connectivity index (χ0v) is 20.5. The smallest absolute Gasteiger partial charge is 0.257 e. The van der Waals surface area contributed by atoms with Crippen LogP contribution in [0.2, 0.25) is 0 Å². The number of nitrogens with zero attached hydrogens (tertiary/aromatic N) is 2. The van der Waals surface area contributed by atoms with Crippen LogP contribution in [0.5, 0.6) is 0 Å². The highest BCUT2D eigenvalue weighted by molar-refractivity contribution is 5.98. The van der Waals surface area contributed by atoms with Gasteiger partial charge >= 0.3 is 0 Å². The van der Waals surface area contributed by atoms with Crippen LogP contribution in [0.1, 0.15) is 35.3 Å². The molecule has 2 aromatic rings. The van der Waals surface area contributed by atoms with Gasteiger partial charge in [0.05, 0.1) is 6.54 Å². The fourth-order valence-corrected chi connectivity index (χ4v) is 4.04. The first-order chi connectivity index (χ1) is 16.6. The van der Waals surface area contributed by atoms with Crippen molar-refractivity contribution in [1.82, 2.24) is 15.1 Å². The minimum Gasteiger partial charge on any atom is -0.340 e. The van der Waals surface area contributed by atoms with E-state index in [1.165, 1.54) is 6.07 Å². The lowest BCUT2D eigenvalue weighted by Crippen LogP contribution is -2.57. The Bertz CT molecular complexity index is 1080. The number of nitrogens with one attached hydrogen (secondary N) is 2. The lowest BCUT2D eigenvalue weighted by Gasteiger charge is -2.37. The van der Waals surface area contributed by atoms with Crippen molar-refractivity contribution in [1.29, 1.82) is 0 Å². The van der Waals surface area contributed by atoms with E-state index in [0.29, 0.717) is 26.2 Å². The maximum absolute atomic E-state index is 14.0. The molecule has 1 aliphatic heterocycles. The Morgan fingerprint density at radius 2 is 1.54 bits per heavy atom. The zero-order valence-electron chi connectivity index (χ0n) is 20.5. The molecule has 0 aliphatic carbocycles. The van der Waals surface area contributed by atoms with E-state index in [2.05, 4.69) is 10.6 Å². The number of carbonyl (C=O) groups excluding carboxylic acids is 3. The number of hydrogen-bond donors (Lipinski definition) is 2. The maximum Gasteiger partial charge on any atom is 0.257 e. The highest BCUT2D eigenvalue weighted by Gasteiger charge is 2.32. The first-order valence-electron chi connectivity index (χ1n) is 11.7. The number of aryl methyl sites for hydroxylation is 1. The molecule has 1 heterocycles. The van der Waals surface area contributed by atoms with E-state index in [1.807, 2.05) is 36.9 Å². The van der Waals surface area contributed by atoms with E-state index in [4.69, 9.17) is 0 Å². The van der Waals surface area contributed by atoms with E-state index in [-0.39, 0.29) is 24.3 Å². The van der Waals surface area contributed by atoms with Gasteiger partial charge in [0.25, 0.3) is 5.91 Å². The van der Waals surface area contributed by atoms with Gasteiger partial charge in [0.15, 0.2) is 0 Å². The second-order valence-electron chi connectivity index (χ2n) is 9.19. The van der Waals surface area contributed by atoms with E-state index in [0.717, 1.165) is 28.9 Å². The van der Waals surface area contributed by atoms with Crippen molar-refractivity contribution in [2.75, 3.05) is 38.0 Å². The summed E-state index contributed by atoms with van der Waals surface area (Å²) in [5.74, 6) is -3.66. The van der Waals surface area contributed by atoms with Gasteiger partial charge in [-0.2, -0.15) is 0 Å². The predicted molar refractivity (Wildman–Crippen MR) is 130 cm³/mol. The SMILES string of the molecule is Cc1cccc(NC(=O)CN2CCN(C(=O)C(NC(=O)c3c(F)cccc3F)C(C)C)CC2)c1C. The summed E-state index contributed by atoms with van der Waals surface area (Å²) in [6.45, 7) is 9.40. The molecule has 1 fully saturated rings. The summed E-state index contributed by atoms with van der Waals surface area (Å²) < 4.78 is 28.0. The molecule has 7 nitrogen and oxygen atoms in total. The Kier molecular flexibility index (Phi) is 8.56. The molecule has 1 atom stereocenters. The van der Waals surface area contributed by atoms with Crippen molar-refractivity contribution in [3.05, 3.63) is 64.7 Å². The number of carbonyl (C=O) groups is 3. The van der Waals surface area contributed by atoms with Gasteiger partial charge in [-0.05, 0) is 49.1 Å². The highest BCUT2D eigenvalue weighted by Crippen LogP contribution is 2.18. The zero-order chi connectivity index (χ0) is 25.7. The highest BCUT2D eigenvalue weighted by atomic mass is 19.1. The van der Waals surface area contributed by atoms with Gasteiger partial charge in [-0.25, -0.2) is 8.78 Å². The van der Waals surface area contributed by atoms with E-state index in [1.54, 1.807) is 18.7 Å². The van der Waals surface area contributed by atoms with Gasteiger partial charge in [0, 0.05) is 31.9 Å². The Balaban J connectivity index is 1.56. The molecule has 188 valence electrons. The second kappa shape index (κ2) is 11.4. The molecule has 35 heavy (non-hydrogen) atoms. The Hall–Kier alpha value is -3.33. The molecule has 2 N–H and O–H groups in total. The average molecular weight is 487 g/mol. The van der Waals surface area contributed by atoms with Crippen LogP contribution in [0.25, 0.3) is 0 Å². The number of amides is 3. The molecular weight excluding hydrogens is 454 g/mol. The van der Waals surface area contributed by atoms with Gasteiger partial charge in [-0.1, -0.05) is 32.0 Å². The number of hydrogen-bond acceptors (Lipinski definition) is 4. The lowest BCUT2D eigenvalue weighted by atomic mass is 10.0. The molecule has 1 saturated heterocycles. The molecule has 2 aromatic carbocycles. The van der Waals surface area contributed by atoms with Crippen molar-refractivity contribution in [3.63, 3.8) is 0 Å². The minimum absolute atomic E-state index is 0.127. The van der Waals surface area contributed by atoms with Gasteiger partial charge in [0.2, 0.25) is 11.8 Å². The number of halogens is 2. The van der Waals surface area contributed by atoms with E-state index in [9.17, 15) is 23.2 Å². The topological polar surface area (TPSA) is 81.8 Å². The monoisotopic (exact) mass is 486 g/mol. The molecule has 0 aromatic heterocycles. The quantitative estimate of drug-likeness (QED) is 0.630. The van der Waals surface area contributed by atoms with Crippen LogP contribution in [0.3, 0.4) is 0 Å². The molecule has 0 saturated carbocycles. The summed E-state index contributed by atoms with van der Waals surface area (Å²) in [5.41, 5.74) is 2.20. The third-order valence-corrected chi connectivity index (χ3v) is 6.34. The molecule has 1 aliphatic rings. The molecule has 0 radical (unpaired) electrons. The minimum atomic E-state index is -0.981. The lowest BCUT2D eigenvalue weighted by molar-refractivity contribution is -0.136. The summed E-state index contributed by atoms with van der Waals surface area (Å²) in [6.07, 6.45) is 0. The molecule has 3 rings (SSSR count). The Labute approximate surface area is 204 Å². The number of benzene rings is 2.